The van der Waals surface area contributed by atoms with Gasteiger partial charge in [0, 0.05) is 13.1 Å². The molecular formula is C20H30N4O. The third kappa shape index (κ3) is 6.63. The number of benzene rings is 1. The molecule has 0 saturated heterocycles. The molecule has 0 unspecified atom stereocenters. The molecule has 0 amide bonds. The van der Waals surface area contributed by atoms with Crippen molar-refractivity contribution in [2.45, 2.75) is 40.4 Å². The first-order chi connectivity index (χ1) is 12.2. The fraction of sp³-hybridized carbons (Fsp3) is 0.450. The van der Waals surface area contributed by atoms with Crippen LogP contribution in [-0.2, 0) is 19.6 Å². The Morgan fingerprint density at radius 2 is 1.84 bits per heavy atom. The Kier molecular flexibility index (Phi) is 8.05. The maximum Gasteiger partial charge on any atom is 0.191 e. The topological polar surface area (TPSA) is 52.8 Å². The van der Waals surface area contributed by atoms with Gasteiger partial charge in [-0.3, -0.25) is 4.90 Å². The van der Waals surface area contributed by atoms with Crippen LogP contribution in [-0.4, -0.2) is 30.5 Å². The highest BCUT2D eigenvalue weighted by molar-refractivity contribution is 5.79. The van der Waals surface area contributed by atoms with Gasteiger partial charge in [-0.05, 0) is 43.3 Å². The zero-order chi connectivity index (χ0) is 17.9. The predicted molar refractivity (Wildman–Crippen MR) is 103 cm³/mol. The van der Waals surface area contributed by atoms with E-state index in [0.717, 1.165) is 37.9 Å². The van der Waals surface area contributed by atoms with E-state index < -0.39 is 0 Å². The Hall–Kier alpha value is -2.27. The summed E-state index contributed by atoms with van der Waals surface area (Å²) in [5.74, 6) is 1.69. The quantitative estimate of drug-likeness (QED) is 0.542. The monoisotopic (exact) mass is 342 g/mol. The van der Waals surface area contributed by atoms with Crippen LogP contribution in [0.15, 0.2) is 52.1 Å². The van der Waals surface area contributed by atoms with Crippen molar-refractivity contribution in [3.63, 3.8) is 0 Å². The number of guanidine groups is 1. The van der Waals surface area contributed by atoms with Crippen molar-refractivity contribution in [2.24, 2.45) is 4.99 Å². The molecule has 5 nitrogen and oxygen atoms in total. The van der Waals surface area contributed by atoms with Crippen molar-refractivity contribution in [3.05, 3.63) is 59.5 Å². The number of nitrogens with zero attached hydrogens (tertiary/aromatic N) is 2. The number of hydrogen-bond acceptors (Lipinski definition) is 3. The Morgan fingerprint density at radius 1 is 1.04 bits per heavy atom. The zero-order valence-corrected chi connectivity index (χ0v) is 15.6. The first-order valence-electron chi connectivity index (χ1n) is 9.09. The Bertz CT molecular complexity index is 633. The average Bonchev–Trinajstić information content (AvgIpc) is 3.16. The standard InChI is InChI=1S/C20H30N4O/c1-4-21-20(23-15-19-11-8-12-25-19)22-14-17-9-7-10-18(13-17)16-24(5-2)6-3/h7-13H,4-6,14-16H2,1-3H3,(H2,21,22,23). The van der Waals surface area contributed by atoms with Crippen LogP contribution in [0.5, 0.6) is 0 Å². The molecule has 1 aromatic heterocycles. The molecule has 2 rings (SSSR count). The van der Waals surface area contributed by atoms with Gasteiger partial charge in [-0.1, -0.05) is 38.1 Å². The third-order valence-corrected chi connectivity index (χ3v) is 4.07. The molecule has 136 valence electrons. The fourth-order valence-corrected chi connectivity index (χ4v) is 2.63. The van der Waals surface area contributed by atoms with Gasteiger partial charge >= 0.3 is 0 Å². The Balaban J connectivity index is 1.96. The normalized spacial score (nSPS) is 11.8. The van der Waals surface area contributed by atoms with Crippen molar-refractivity contribution >= 4 is 5.96 Å². The molecular weight excluding hydrogens is 312 g/mol. The maximum absolute atomic E-state index is 5.35. The van der Waals surface area contributed by atoms with Crippen molar-refractivity contribution in [3.8, 4) is 0 Å². The van der Waals surface area contributed by atoms with E-state index >= 15 is 0 Å². The molecule has 0 bridgehead atoms. The molecule has 2 aromatic rings. The number of hydrogen-bond donors (Lipinski definition) is 2. The average molecular weight is 342 g/mol. The zero-order valence-electron chi connectivity index (χ0n) is 15.6. The lowest BCUT2D eigenvalue weighted by Gasteiger charge is -2.18. The van der Waals surface area contributed by atoms with Gasteiger partial charge in [-0.2, -0.15) is 0 Å². The summed E-state index contributed by atoms with van der Waals surface area (Å²) < 4.78 is 5.35. The first-order valence-corrected chi connectivity index (χ1v) is 9.09. The van der Waals surface area contributed by atoms with E-state index in [2.05, 4.69) is 65.6 Å². The summed E-state index contributed by atoms with van der Waals surface area (Å²) in [6, 6.07) is 12.5. The summed E-state index contributed by atoms with van der Waals surface area (Å²) in [5.41, 5.74) is 2.56. The molecule has 0 aliphatic heterocycles. The van der Waals surface area contributed by atoms with E-state index in [9.17, 15) is 0 Å². The highest BCUT2D eigenvalue weighted by atomic mass is 16.3. The minimum atomic E-state index is 0.626. The van der Waals surface area contributed by atoms with Crippen LogP contribution in [0.3, 0.4) is 0 Å². The highest BCUT2D eigenvalue weighted by Crippen LogP contribution is 2.09. The van der Waals surface area contributed by atoms with Gasteiger partial charge in [-0.25, -0.2) is 4.99 Å². The van der Waals surface area contributed by atoms with Crippen molar-refractivity contribution in [1.29, 1.82) is 0 Å². The smallest absolute Gasteiger partial charge is 0.191 e. The van der Waals surface area contributed by atoms with Crippen LogP contribution in [0.2, 0.25) is 0 Å². The lowest BCUT2D eigenvalue weighted by Crippen LogP contribution is -2.36. The van der Waals surface area contributed by atoms with Crippen LogP contribution in [0.1, 0.15) is 37.7 Å². The van der Waals surface area contributed by atoms with Gasteiger partial charge in [0.15, 0.2) is 5.96 Å². The number of nitrogens with one attached hydrogen (secondary N) is 2. The molecule has 0 fully saturated rings. The summed E-state index contributed by atoms with van der Waals surface area (Å²) in [7, 11) is 0. The van der Waals surface area contributed by atoms with Gasteiger partial charge < -0.3 is 15.1 Å². The molecule has 0 atom stereocenters. The van der Waals surface area contributed by atoms with Crippen molar-refractivity contribution < 1.29 is 4.42 Å². The molecule has 0 saturated carbocycles. The molecule has 2 N–H and O–H groups in total. The van der Waals surface area contributed by atoms with E-state index in [1.807, 2.05) is 12.1 Å². The Morgan fingerprint density at radius 3 is 2.52 bits per heavy atom. The molecule has 0 spiro atoms. The molecule has 1 heterocycles. The molecule has 5 heteroatoms. The van der Waals surface area contributed by atoms with Crippen LogP contribution >= 0.6 is 0 Å². The molecule has 0 aliphatic rings. The van der Waals surface area contributed by atoms with Crippen molar-refractivity contribution in [2.75, 3.05) is 19.6 Å². The van der Waals surface area contributed by atoms with E-state index in [1.54, 1.807) is 6.26 Å². The fourth-order valence-electron chi connectivity index (χ4n) is 2.63. The van der Waals surface area contributed by atoms with E-state index in [4.69, 9.17) is 4.42 Å². The van der Waals surface area contributed by atoms with Gasteiger partial charge in [-0.15, -0.1) is 0 Å². The van der Waals surface area contributed by atoms with Crippen LogP contribution < -0.4 is 10.6 Å². The summed E-state index contributed by atoms with van der Waals surface area (Å²) in [4.78, 5) is 7.10. The molecule has 25 heavy (non-hydrogen) atoms. The van der Waals surface area contributed by atoms with Crippen molar-refractivity contribution in [1.82, 2.24) is 15.5 Å². The van der Waals surface area contributed by atoms with Gasteiger partial charge in [0.1, 0.15) is 5.76 Å². The summed E-state index contributed by atoms with van der Waals surface area (Å²) in [6.07, 6.45) is 1.68. The second-order valence-electron chi connectivity index (χ2n) is 5.91. The van der Waals surface area contributed by atoms with Gasteiger partial charge in [0.05, 0.1) is 19.4 Å². The van der Waals surface area contributed by atoms with Crippen LogP contribution in [0.4, 0.5) is 0 Å². The third-order valence-electron chi connectivity index (χ3n) is 4.07. The summed E-state index contributed by atoms with van der Waals surface area (Å²) in [6.45, 7) is 11.7. The second kappa shape index (κ2) is 10.6. The molecule has 0 radical (unpaired) electrons. The van der Waals surface area contributed by atoms with E-state index in [0.29, 0.717) is 13.1 Å². The lowest BCUT2D eigenvalue weighted by atomic mass is 10.1. The van der Waals surface area contributed by atoms with Crippen LogP contribution in [0.25, 0.3) is 0 Å². The number of rotatable bonds is 9. The number of furan rings is 1. The van der Waals surface area contributed by atoms with Gasteiger partial charge in [0.25, 0.3) is 0 Å². The van der Waals surface area contributed by atoms with E-state index in [1.165, 1.54) is 11.1 Å². The van der Waals surface area contributed by atoms with Gasteiger partial charge in [0.2, 0.25) is 0 Å². The van der Waals surface area contributed by atoms with E-state index in [-0.39, 0.29) is 0 Å². The maximum atomic E-state index is 5.35. The lowest BCUT2D eigenvalue weighted by molar-refractivity contribution is 0.296. The highest BCUT2D eigenvalue weighted by Gasteiger charge is 2.03. The predicted octanol–water partition coefficient (Wildman–Crippen LogP) is 3.38. The first kappa shape index (κ1) is 19.1. The summed E-state index contributed by atoms with van der Waals surface area (Å²) >= 11 is 0. The van der Waals surface area contributed by atoms with Crippen LogP contribution in [0, 0.1) is 0 Å². The minimum Gasteiger partial charge on any atom is -0.467 e. The summed E-state index contributed by atoms with van der Waals surface area (Å²) in [5, 5.41) is 6.56. The largest absolute Gasteiger partial charge is 0.467 e. The Labute approximate surface area is 151 Å². The minimum absolute atomic E-state index is 0.626. The number of aliphatic imine (C=N–C) groups is 1. The SMILES string of the molecule is CCNC(=NCc1cccc(CN(CC)CC)c1)NCc1ccco1. The molecule has 0 aliphatic carbocycles. The second-order valence-corrected chi connectivity index (χ2v) is 5.91. The molecule has 1 aromatic carbocycles.